The van der Waals surface area contributed by atoms with Gasteiger partial charge in [-0.2, -0.15) is 0 Å². The van der Waals surface area contributed by atoms with Gasteiger partial charge in [0.25, 0.3) is 0 Å². The van der Waals surface area contributed by atoms with E-state index < -0.39 is 0 Å². The van der Waals surface area contributed by atoms with Crippen LogP contribution in [0.2, 0.25) is 0 Å². The van der Waals surface area contributed by atoms with Crippen molar-refractivity contribution < 1.29 is 0 Å². The predicted octanol–water partition coefficient (Wildman–Crippen LogP) is 2.46. The highest BCUT2D eigenvalue weighted by Gasteiger charge is 2.31. The molecule has 82 valence electrons. The van der Waals surface area contributed by atoms with Crippen LogP contribution >= 0.6 is 0 Å². The SMILES string of the molecule is CCC1(Cc2cnccc2C)CCCN1. The lowest BCUT2D eigenvalue weighted by molar-refractivity contribution is 0.359. The van der Waals surface area contributed by atoms with Crippen molar-refractivity contribution in [1.29, 1.82) is 0 Å². The fourth-order valence-corrected chi connectivity index (χ4v) is 2.49. The summed E-state index contributed by atoms with van der Waals surface area (Å²) < 4.78 is 0. The monoisotopic (exact) mass is 204 g/mol. The Morgan fingerprint density at radius 1 is 1.53 bits per heavy atom. The third-order valence-corrected chi connectivity index (χ3v) is 3.69. The molecule has 1 aliphatic heterocycles. The van der Waals surface area contributed by atoms with E-state index in [-0.39, 0.29) is 0 Å². The summed E-state index contributed by atoms with van der Waals surface area (Å²) in [6.07, 6.45) is 8.85. The van der Waals surface area contributed by atoms with Crippen LogP contribution in [0.3, 0.4) is 0 Å². The van der Waals surface area contributed by atoms with E-state index in [2.05, 4.69) is 30.2 Å². The van der Waals surface area contributed by atoms with Gasteiger partial charge in [-0.05, 0) is 56.3 Å². The summed E-state index contributed by atoms with van der Waals surface area (Å²) in [4.78, 5) is 4.23. The molecule has 1 N–H and O–H groups in total. The fraction of sp³-hybridized carbons (Fsp3) is 0.615. The Morgan fingerprint density at radius 3 is 3.00 bits per heavy atom. The average molecular weight is 204 g/mol. The van der Waals surface area contributed by atoms with Crippen LogP contribution in [-0.2, 0) is 6.42 Å². The van der Waals surface area contributed by atoms with E-state index in [9.17, 15) is 0 Å². The molecule has 1 fully saturated rings. The van der Waals surface area contributed by atoms with Crippen molar-refractivity contribution in [3.8, 4) is 0 Å². The lowest BCUT2D eigenvalue weighted by Crippen LogP contribution is -2.41. The number of nitrogens with zero attached hydrogens (tertiary/aromatic N) is 1. The van der Waals surface area contributed by atoms with Crippen molar-refractivity contribution in [2.24, 2.45) is 0 Å². The molecule has 0 bridgehead atoms. The van der Waals surface area contributed by atoms with Gasteiger partial charge in [-0.3, -0.25) is 4.98 Å². The van der Waals surface area contributed by atoms with E-state index in [1.807, 2.05) is 12.4 Å². The smallest absolute Gasteiger partial charge is 0.0303 e. The van der Waals surface area contributed by atoms with Crippen molar-refractivity contribution in [3.05, 3.63) is 29.6 Å². The highest BCUT2D eigenvalue weighted by atomic mass is 15.0. The maximum Gasteiger partial charge on any atom is 0.0303 e. The molecule has 1 aliphatic rings. The number of hydrogen-bond acceptors (Lipinski definition) is 2. The molecule has 1 aromatic heterocycles. The first-order chi connectivity index (χ1) is 7.26. The minimum absolute atomic E-state index is 0.341. The van der Waals surface area contributed by atoms with Gasteiger partial charge in [0, 0.05) is 17.9 Å². The molecule has 0 radical (unpaired) electrons. The van der Waals surface area contributed by atoms with Crippen molar-refractivity contribution in [2.75, 3.05) is 6.54 Å². The van der Waals surface area contributed by atoms with Gasteiger partial charge < -0.3 is 5.32 Å². The summed E-state index contributed by atoms with van der Waals surface area (Å²) in [5, 5.41) is 3.67. The van der Waals surface area contributed by atoms with Gasteiger partial charge in [-0.15, -0.1) is 0 Å². The molecule has 1 unspecified atom stereocenters. The summed E-state index contributed by atoms with van der Waals surface area (Å²) in [5.41, 5.74) is 3.11. The molecule has 2 rings (SSSR count). The van der Waals surface area contributed by atoms with Gasteiger partial charge in [0.1, 0.15) is 0 Å². The topological polar surface area (TPSA) is 24.9 Å². The summed E-state index contributed by atoms with van der Waals surface area (Å²) >= 11 is 0. The van der Waals surface area contributed by atoms with Crippen LogP contribution in [0.15, 0.2) is 18.5 Å². The van der Waals surface area contributed by atoms with E-state index in [0.29, 0.717) is 5.54 Å². The highest BCUT2D eigenvalue weighted by Crippen LogP contribution is 2.27. The van der Waals surface area contributed by atoms with Crippen molar-refractivity contribution in [1.82, 2.24) is 10.3 Å². The van der Waals surface area contributed by atoms with Gasteiger partial charge in [0.2, 0.25) is 0 Å². The second kappa shape index (κ2) is 4.31. The van der Waals surface area contributed by atoms with Gasteiger partial charge >= 0.3 is 0 Å². The summed E-state index contributed by atoms with van der Waals surface area (Å²) in [5.74, 6) is 0. The van der Waals surface area contributed by atoms with Crippen LogP contribution in [0.25, 0.3) is 0 Å². The van der Waals surface area contributed by atoms with E-state index >= 15 is 0 Å². The van der Waals surface area contributed by atoms with Crippen LogP contribution in [0.4, 0.5) is 0 Å². The number of rotatable bonds is 3. The molecular formula is C13H20N2. The zero-order valence-corrected chi connectivity index (χ0v) is 9.71. The first-order valence-corrected chi connectivity index (χ1v) is 5.90. The standard InChI is InChI=1S/C13H20N2/c1-3-13(6-4-7-15-13)9-12-10-14-8-5-11(12)2/h5,8,10,15H,3-4,6-7,9H2,1-2H3. The first-order valence-electron chi connectivity index (χ1n) is 5.90. The molecule has 0 amide bonds. The second-order valence-corrected chi connectivity index (χ2v) is 4.64. The number of aromatic nitrogens is 1. The Balaban J connectivity index is 2.16. The molecule has 15 heavy (non-hydrogen) atoms. The highest BCUT2D eigenvalue weighted by molar-refractivity contribution is 5.24. The molecular weight excluding hydrogens is 184 g/mol. The van der Waals surface area contributed by atoms with E-state index in [1.165, 1.54) is 36.9 Å². The fourth-order valence-electron chi connectivity index (χ4n) is 2.49. The van der Waals surface area contributed by atoms with Gasteiger partial charge in [0.05, 0.1) is 0 Å². The minimum atomic E-state index is 0.341. The number of nitrogens with one attached hydrogen (secondary N) is 1. The number of aryl methyl sites for hydroxylation is 1. The molecule has 0 saturated carbocycles. The largest absolute Gasteiger partial charge is 0.311 e. The third-order valence-electron chi connectivity index (χ3n) is 3.69. The molecule has 1 atom stereocenters. The average Bonchev–Trinajstić information content (AvgIpc) is 2.71. The molecule has 0 spiro atoms. The van der Waals surface area contributed by atoms with Gasteiger partial charge in [-0.1, -0.05) is 6.92 Å². The van der Waals surface area contributed by atoms with Gasteiger partial charge in [0.15, 0.2) is 0 Å². The quantitative estimate of drug-likeness (QED) is 0.818. The van der Waals surface area contributed by atoms with Crippen LogP contribution in [-0.4, -0.2) is 17.1 Å². The number of pyridine rings is 1. The van der Waals surface area contributed by atoms with E-state index in [4.69, 9.17) is 0 Å². The van der Waals surface area contributed by atoms with Gasteiger partial charge in [-0.25, -0.2) is 0 Å². The lowest BCUT2D eigenvalue weighted by atomic mass is 9.86. The molecule has 2 heteroatoms. The van der Waals surface area contributed by atoms with Crippen molar-refractivity contribution in [3.63, 3.8) is 0 Å². The van der Waals surface area contributed by atoms with E-state index in [1.54, 1.807) is 0 Å². The molecule has 0 aliphatic carbocycles. The molecule has 1 aromatic rings. The minimum Gasteiger partial charge on any atom is -0.311 e. The molecule has 2 heterocycles. The van der Waals surface area contributed by atoms with Crippen molar-refractivity contribution >= 4 is 0 Å². The van der Waals surface area contributed by atoms with Crippen LogP contribution < -0.4 is 5.32 Å². The zero-order chi connectivity index (χ0) is 10.7. The normalized spacial score (nSPS) is 25.7. The first kappa shape index (κ1) is 10.6. The van der Waals surface area contributed by atoms with Crippen LogP contribution in [0.5, 0.6) is 0 Å². The Morgan fingerprint density at radius 2 is 2.40 bits per heavy atom. The van der Waals surface area contributed by atoms with Crippen LogP contribution in [0, 0.1) is 6.92 Å². The Kier molecular flexibility index (Phi) is 3.06. The zero-order valence-electron chi connectivity index (χ0n) is 9.71. The second-order valence-electron chi connectivity index (χ2n) is 4.64. The summed E-state index contributed by atoms with van der Waals surface area (Å²) in [7, 11) is 0. The maximum atomic E-state index is 4.23. The Labute approximate surface area is 92.1 Å². The lowest BCUT2D eigenvalue weighted by Gasteiger charge is -2.28. The predicted molar refractivity (Wildman–Crippen MR) is 62.9 cm³/mol. The Hall–Kier alpha value is -0.890. The summed E-state index contributed by atoms with van der Waals surface area (Å²) in [6.45, 7) is 5.63. The molecule has 0 aromatic carbocycles. The molecule has 1 saturated heterocycles. The number of hydrogen-bond donors (Lipinski definition) is 1. The third kappa shape index (κ3) is 2.20. The van der Waals surface area contributed by atoms with Crippen molar-refractivity contribution in [2.45, 2.75) is 45.1 Å². The molecule has 2 nitrogen and oxygen atoms in total. The maximum absolute atomic E-state index is 4.23. The van der Waals surface area contributed by atoms with Crippen LogP contribution in [0.1, 0.15) is 37.3 Å². The van der Waals surface area contributed by atoms with E-state index in [0.717, 1.165) is 6.42 Å². The Bertz CT molecular complexity index is 327. The summed E-state index contributed by atoms with van der Waals surface area (Å²) in [6, 6.07) is 2.10.